The molecule has 0 aromatic rings. The van der Waals surface area contributed by atoms with E-state index in [4.69, 9.17) is 0 Å². The molecule has 0 aliphatic rings. The molecule has 0 radical (unpaired) electrons. The fraction of sp³-hybridized carbons (Fsp3) is 1.00. The van der Waals surface area contributed by atoms with Crippen LogP contribution in [0.15, 0.2) is 0 Å². The lowest BCUT2D eigenvalue weighted by atomic mass is 10.7. The summed E-state index contributed by atoms with van der Waals surface area (Å²) in [5.74, 6) is 0. The third kappa shape index (κ3) is 6.11. The first kappa shape index (κ1) is 13.0. The van der Waals surface area contributed by atoms with Crippen molar-refractivity contribution in [1.82, 2.24) is 4.31 Å². The van der Waals surface area contributed by atoms with Gasteiger partial charge in [0.05, 0.1) is 0 Å². The fourth-order valence-corrected chi connectivity index (χ4v) is 1.89. The lowest BCUT2D eigenvalue weighted by Crippen LogP contribution is -2.33. The molecule has 0 rings (SSSR count). The molecule has 0 aromatic heterocycles. The average molecular weight is 233 g/mol. The van der Waals surface area contributed by atoms with Crippen molar-refractivity contribution < 1.29 is 26.7 Å². The maximum absolute atomic E-state index is 12.2. The maximum atomic E-state index is 12.2. The Morgan fingerprint density at radius 3 is 2.15 bits per heavy atom. The van der Waals surface area contributed by atoms with E-state index in [-0.39, 0.29) is 10.8 Å². The summed E-state index contributed by atoms with van der Waals surface area (Å²) in [6, 6.07) is 0. The Bertz CT molecular complexity index is 298. The van der Waals surface area contributed by atoms with Crippen LogP contribution in [0.5, 0.6) is 0 Å². The SMILES string of the molecule is CCN(CCP(=O)([O-])[O-])S(=O)(=O)F. The van der Waals surface area contributed by atoms with Crippen LogP contribution in [-0.4, -0.2) is 32.0 Å². The molecule has 0 aromatic carbocycles. The van der Waals surface area contributed by atoms with Crippen molar-refractivity contribution in [3.8, 4) is 0 Å². The lowest BCUT2D eigenvalue weighted by Gasteiger charge is -2.30. The van der Waals surface area contributed by atoms with Crippen LogP contribution in [0.2, 0.25) is 0 Å². The van der Waals surface area contributed by atoms with E-state index in [1.54, 1.807) is 0 Å². The topological polar surface area (TPSA) is 101 Å². The third-order valence-electron chi connectivity index (χ3n) is 1.28. The fourth-order valence-electron chi connectivity index (χ4n) is 0.655. The van der Waals surface area contributed by atoms with Gasteiger partial charge in [-0.25, -0.2) is 0 Å². The minimum absolute atomic E-state index is 0.209. The molecule has 0 spiro atoms. The van der Waals surface area contributed by atoms with E-state index in [1.165, 1.54) is 6.92 Å². The Morgan fingerprint density at radius 1 is 1.46 bits per heavy atom. The molecule has 0 aliphatic carbocycles. The van der Waals surface area contributed by atoms with Crippen LogP contribution < -0.4 is 9.79 Å². The number of rotatable bonds is 5. The van der Waals surface area contributed by atoms with Crippen LogP contribution in [-0.2, 0) is 15.0 Å². The minimum Gasteiger partial charge on any atom is -0.811 e. The molecule has 0 N–H and O–H groups in total. The summed E-state index contributed by atoms with van der Waals surface area (Å²) < 4.78 is 43.1. The van der Waals surface area contributed by atoms with Crippen molar-refractivity contribution in [3.63, 3.8) is 0 Å². The molecular weight excluding hydrogens is 224 g/mol. The van der Waals surface area contributed by atoms with Crippen molar-refractivity contribution in [1.29, 1.82) is 0 Å². The van der Waals surface area contributed by atoms with E-state index in [2.05, 4.69) is 0 Å². The van der Waals surface area contributed by atoms with Gasteiger partial charge in [0.25, 0.3) is 0 Å². The van der Waals surface area contributed by atoms with E-state index in [9.17, 15) is 26.7 Å². The average Bonchev–Trinajstić information content (AvgIpc) is 1.82. The molecule has 0 unspecified atom stereocenters. The molecule has 6 nitrogen and oxygen atoms in total. The Labute approximate surface area is 75.9 Å². The molecule has 0 fully saturated rings. The lowest BCUT2D eigenvalue weighted by molar-refractivity contribution is -0.313. The van der Waals surface area contributed by atoms with E-state index >= 15 is 0 Å². The van der Waals surface area contributed by atoms with Crippen LogP contribution in [0.25, 0.3) is 0 Å². The van der Waals surface area contributed by atoms with E-state index < -0.39 is 30.7 Å². The Kier molecular flexibility index (Phi) is 4.47. The van der Waals surface area contributed by atoms with Gasteiger partial charge in [0.2, 0.25) is 0 Å². The van der Waals surface area contributed by atoms with Crippen LogP contribution in [0, 0.1) is 0 Å². The normalized spacial score (nSPS) is 13.6. The monoisotopic (exact) mass is 233 g/mol. The van der Waals surface area contributed by atoms with E-state index in [0.29, 0.717) is 0 Å². The maximum Gasteiger partial charge on any atom is 0.374 e. The predicted octanol–water partition coefficient (Wildman–Crippen LogP) is -1.56. The summed E-state index contributed by atoms with van der Waals surface area (Å²) in [7, 11) is -9.68. The molecule has 9 heteroatoms. The van der Waals surface area contributed by atoms with E-state index in [0.717, 1.165) is 0 Å². The molecule has 80 valence electrons. The molecule has 0 heterocycles. The van der Waals surface area contributed by atoms with Crippen molar-refractivity contribution in [2.24, 2.45) is 0 Å². The summed E-state index contributed by atoms with van der Waals surface area (Å²) in [6.45, 7) is 0.482. The molecule has 0 aliphatic heterocycles. The number of nitrogens with zero attached hydrogens (tertiary/aromatic N) is 1. The third-order valence-corrected chi connectivity index (χ3v) is 3.09. The molecule has 0 atom stereocenters. The van der Waals surface area contributed by atoms with Crippen LogP contribution >= 0.6 is 7.60 Å². The Morgan fingerprint density at radius 2 is 1.92 bits per heavy atom. The standard InChI is InChI=1S/C4H11FNO5PS/c1-2-6(13(5,10)11)3-4-12(7,8)9/h2-4H2,1H3,(H2,7,8,9)/p-2. The van der Waals surface area contributed by atoms with Gasteiger partial charge in [0.1, 0.15) is 0 Å². The van der Waals surface area contributed by atoms with Gasteiger partial charge in [-0.3, -0.25) is 0 Å². The first-order valence-electron chi connectivity index (χ1n) is 3.37. The van der Waals surface area contributed by atoms with Gasteiger partial charge >= 0.3 is 10.4 Å². The first-order chi connectivity index (χ1) is 5.67. The number of hydrogen-bond donors (Lipinski definition) is 0. The van der Waals surface area contributed by atoms with Crippen LogP contribution in [0.4, 0.5) is 3.89 Å². The van der Waals surface area contributed by atoms with Crippen LogP contribution in [0.3, 0.4) is 0 Å². The Balaban J connectivity index is 4.26. The highest BCUT2D eigenvalue weighted by Crippen LogP contribution is 2.22. The molecule has 0 bridgehead atoms. The van der Waals surface area contributed by atoms with Crippen molar-refractivity contribution >= 4 is 18.0 Å². The molecular formula is C4H9FNO5PS-2. The summed E-state index contributed by atoms with van der Waals surface area (Å²) in [5, 5.41) is 0. The quantitative estimate of drug-likeness (QED) is 0.422. The van der Waals surface area contributed by atoms with Gasteiger partial charge in [0.15, 0.2) is 0 Å². The predicted molar refractivity (Wildman–Crippen MR) is 39.7 cm³/mol. The van der Waals surface area contributed by atoms with Crippen molar-refractivity contribution in [2.45, 2.75) is 6.92 Å². The summed E-state index contributed by atoms with van der Waals surface area (Å²) in [5.41, 5.74) is 0. The highest BCUT2D eigenvalue weighted by atomic mass is 32.3. The molecule has 0 saturated carbocycles. The highest BCUT2D eigenvalue weighted by molar-refractivity contribution is 7.84. The Hall–Kier alpha value is -0.0100. The van der Waals surface area contributed by atoms with Crippen molar-refractivity contribution in [2.75, 3.05) is 19.3 Å². The van der Waals surface area contributed by atoms with Gasteiger partial charge in [-0.1, -0.05) is 18.4 Å². The van der Waals surface area contributed by atoms with Crippen molar-refractivity contribution in [3.05, 3.63) is 0 Å². The first-order valence-corrected chi connectivity index (χ1v) is 6.44. The largest absolute Gasteiger partial charge is 0.811 e. The number of hydrogen-bond acceptors (Lipinski definition) is 5. The molecule has 13 heavy (non-hydrogen) atoms. The number of halogens is 1. The summed E-state index contributed by atoms with van der Waals surface area (Å²) >= 11 is 0. The van der Waals surface area contributed by atoms with Gasteiger partial charge in [-0.2, -0.15) is 12.7 Å². The van der Waals surface area contributed by atoms with E-state index in [1.807, 2.05) is 0 Å². The summed E-state index contributed by atoms with van der Waals surface area (Å²) in [4.78, 5) is 20.2. The molecule has 0 amide bonds. The second-order valence-electron chi connectivity index (χ2n) is 2.27. The zero-order valence-corrected chi connectivity index (χ0v) is 8.55. The minimum atomic E-state index is -4.90. The highest BCUT2D eigenvalue weighted by Gasteiger charge is 2.18. The summed E-state index contributed by atoms with van der Waals surface area (Å²) in [6.07, 6.45) is -0.899. The smallest absolute Gasteiger partial charge is 0.374 e. The molecule has 0 saturated heterocycles. The second-order valence-corrected chi connectivity index (χ2v) is 5.28. The zero-order chi connectivity index (χ0) is 10.7. The van der Waals surface area contributed by atoms with Gasteiger partial charge in [0, 0.05) is 13.1 Å². The zero-order valence-electron chi connectivity index (χ0n) is 6.84. The second kappa shape index (κ2) is 4.47. The van der Waals surface area contributed by atoms with Gasteiger partial charge in [-0.05, 0) is 6.16 Å². The van der Waals surface area contributed by atoms with Crippen LogP contribution in [0.1, 0.15) is 6.92 Å². The van der Waals surface area contributed by atoms with Gasteiger partial charge in [-0.15, -0.1) is 0 Å². The van der Waals surface area contributed by atoms with Gasteiger partial charge < -0.3 is 14.4 Å².